The molecule has 0 saturated heterocycles. The van der Waals surface area contributed by atoms with Gasteiger partial charge >= 0.3 is 18.2 Å². The first-order valence-electron chi connectivity index (χ1n) is 14.1. The lowest BCUT2D eigenvalue weighted by Crippen LogP contribution is -2.38. The Hall–Kier alpha value is -4.25. The molecular weight excluding hydrogens is 565 g/mol. The number of alkyl halides is 3. The first kappa shape index (κ1) is 33.3. The average molecular weight is 603 g/mol. The molecule has 3 aromatic rings. The molecule has 232 valence electrons. The highest BCUT2D eigenvalue weighted by Crippen LogP contribution is 2.24. The van der Waals surface area contributed by atoms with Gasteiger partial charge < -0.3 is 29.5 Å². The Morgan fingerprint density at radius 2 is 1.51 bits per heavy atom. The Kier molecular flexibility index (Phi) is 13.2. The molecule has 0 saturated carbocycles. The van der Waals surface area contributed by atoms with Gasteiger partial charge in [0, 0.05) is 31.7 Å². The largest absolute Gasteiger partial charge is 0.492 e. The number of urea groups is 1. The van der Waals surface area contributed by atoms with Crippen LogP contribution in [0.3, 0.4) is 0 Å². The predicted octanol–water partition coefficient (Wildman–Crippen LogP) is 7.55. The normalized spacial score (nSPS) is 11.9. The van der Waals surface area contributed by atoms with Crippen molar-refractivity contribution in [2.24, 2.45) is 0 Å². The maximum absolute atomic E-state index is 13.1. The van der Waals surface area contributed by atoms with Gasteiger partial charge in [0.25, 0.3) is 0 Å². The van der Waals surface area contributed by atoms with E-state index in [1.54, 1.807) is 55.5 Å². The quantitative estimate of drug-likeness (QED) is 0.155. The van der Waals surface area contributed by atoms with Crippen molar-refractivity contribution < 1.29 is 42.1 Å². The number of nitrogens with zero attached hydrogens (tertiary/aromatic N) is 1. The zero-order chi connectivity index (χ0) is 31.1. The van der Waals surface area contributed by atoms with Crippen LogP contribution >= 0.6 is 0 Å². The summed E-state index contributed by atoms with van der Waals surface area (Å²) in [4.78, 5) is 25.9. The molecule has 0 radical (unpaired) electrons. The number of hydrogen-bond acceptors (Lipinski definition) is 5. The second-order valence-corrected chi connectivity index (χ2v) is 9.76. The number of amides is 2. The molecule has 3 rings (SSSR count). The summed E-state index contributed by atoms with van der Waals surface area (Å²) in [5, 5.41) is 12.1. The molecule has 0 aliphatic heterocycles. The van der Waals surface area contributed by atoms with E-state index in [2.05, 4.69) is 5.32 Å². The van der Waals surface area contributed by atoms with Crippen molar-refractivity contribution in [1.82, 2.24) is 4.90 Å². The average Bonchev–Trinajstić information content (AvgIpc) is 2.97. The third-order valence-electron chi connectivity index (χ3n) is 6.38. The van der Waals surface area contributed by atoms with Gasteiger partial charge in [0.2, 0.25) is 0 Å². The Morgan fingerprint density at radius 3 is 2.14 bits per heavy atom. The molecule has 2 N–H and O–H groups in total. The van der Waals surface area contributed by atoms with E-state index >= 15 is 0 Å². The minimum Gasteiger partial charge on any atom is -0.492 e. The van der Waals surface area contributed by atoms with Crippen molar-refractivity contribution in [1.29, 1.82) is 0 Å². The van der Waals surface area contributed by atoms with Gasteiger partial charge in [-0.25, -0.2) is 9.59 Å². The number of halogens is 3. The highest BCUT2D eigenvalue weighted by Gasteiger charge is 2.26. The number of unbranched alkanes of at least 4 members (excludes halogenated alkanes) is 2. The zero-order valence-corrected chi connectivity index (χ0v) is 24.0. The van der Waals surface area contributed by atoms with Crippen molar-refractivity contribution >= 4 is 17.7 Å². The number of rotatable bonds is 17. The summed E-state index contributed by atoms with van der Waals surface area (Å²) >= 11 is 0. The van der Waals surface area contributed by atoms with Gasteiger partial charge in [0.05, 0.1) is 6.54 Å². The number of nitrogens with one attached hydrogen (secondary N) is 1. The van der Waals surface area contributed by atoms with Gasteiger partial charge in [-0.05, 0) is 73.9 Å². The highest BCUT2D eigenvalue weighted by atomic mass is 19.4. The monoisotopic (exact) mass is 602 g/mol. The number of aliphatic carboxylic acids is 1. The number of carboxylic acids is 1. The van der Waals surface area contributed by atoms with Gasteiger partial charge in [-0.3, -0.25) is 0 Å². The molecule has 0 aromatic heterocycles. The first-order chi connectivity index (χ1) is 20.6. The van der Waals surface area contributed by atoms with Crippen molar-refractivity contribution in [3.05, 3.63) is 84.4 Å². The molecule has 43 heavy (non-hydrogen) atoms. The second kappa shape index (κ2) is 17.0. The minimum atomic E-state index is -4.20. The van der Waals surface area contributed by atoms with E-state index in [4.69, 9.17) is 14.2 Å². The van der Waals surface area contributed by atoms with Crippen LogP contribution in [0.15, 0.2) is 78.9 Å². The number of hydrogen-bond donors (Lipinski definition) is 2. The second-order valence-electron chi connectivity index (χ2n) is 9.76. The molecule has 0 heterocycles. The fourth-order valence-corrected chi connectivity index (χ4v) is 4.18. The summed E-state index contributed by atoms with van der Waals surface area (Å²) in [6, 6.07) is 22.6. The van der Waals surface area contributed by atoms with Crippen LogP contribution in [-0.4, -0.2) is 60.6 Å². The molecule has 1 unspecified atom stereocenters. The van der Waals surface area contributed by atoms with Gasteiger partial charge in [0.15, 0.2) is 6.10 Å². The third-order valence-corrected chi connectivity index (χ3v) is 6.38. The van der Waals surface area contributed by atoms with E-state index in [-0.39, 0.29) is 32.5 Å². The summed E-state index contributed by atoms with van der Waals surface area (Å²) in [5.74, 6) is 0.782. The van der Waals surface area contributed by atoms with E-state index in [1.807, 2.05) is 30.3 Å². The lowest BCUT2D eigenvalue weighted by atomic mass is 10.1. The van der Waals surface area contributed by atoms with Crippen LogP contribution in [0.25, 0.3) is 0 Å². The molecule has 8 nitrogen and oxygen atoms in total. The number of anilines is 1. The summed E-state index contributed by atoms with van der Waals surface area (Å²) in [7, 11) is 0. The molecule has 1 atom stereocenters. The number of carbonyl (C=O) groups is 2. The van der Waals surface area contributed by atoms with Crippen molar-refractivity contribution in [3.8, 4) is 17.2 Å². The van der Waals surface area contributed by atoms with Crippen molar-refractivity contribution in [2.75, 3.05) is 31.6 Å². The minimum absolute atomic E-state index is 0.00326. The van der Waals surface area contributed by atoms with Crippen LogP contribution in [0, 0.1) is 0 Å². The summed E-state index contributed by atoms with van der Waals surface area (Å²) < 4.78 is 54.4. The standard InChI is InChI=1S/C32H37F3N2O6/c1-2-41-29(30(38)39)23-24-11-15-26(16-12-24)42-22-21-37(20-8-4-7-19-32(33,34)35)31(40)36-25-13-17-28(18-14-25)43-27-9-5-3-6-10-27/h3,5-6,9-18,29H,2,4,7-8,19-23H2,1H3,(H,36,40)(H,38,39). The molecule has 0 spiro atoms. The lowest BCUT2D eigenvalue weighted by molar-refractivity contribution is -0.150. The molecule has 0 fully saturated rings. The smallest absolute Gasteiger partial charge is 0.389 e. The summed E-state index contributed by atoms with van der Waals surface area (Å²) in [6.07, 6.45) is -5.04. The lowest BCUT2D eigenvalue weighted by Gasteiger charge is -2.23. The zero-order valence-electron chi connectivity index (χ0n) is 24.0. The number of ether oxygens (including phenoxy) is 3. The maximum Gasteiger partial charge on any atom is 0.389 e. The Balaban J connectivity index is 1.55. The molecule has 3 aromatic carbocycles. The number of para-hydroxylation sites is 1. The number of carbonyl (C=O) groups excluding carboxylic acids is 1. The summed E-state index contributed by atoms with van der Waals surface area (Å²) in [6.45, 7) is 2.63. The van der Waals surface area contributed by atoms with Crippen molar-refractivity contribution in [3.63, 3.8) is 0 Å². The predicted molar refractivity (Wildman–Crippen MR) is 157 cm³/mol. The van der Waals surface area contributed by atoms with E-state index in [1.165, 1.54) is 4.90 Å². The number of carboxylic acid groups (broad SMARTS) is 1. The van der Waals surface area contributed by atoms with Crippen LogP contribution in [0.5, 0.6) is 17.2 Å². The van der Waals surface area contributed by atoms with E-state index < -0.39 is 30.7 Å². The Morgan fingerprint density at radius 1 is 0.860 bits per heavy atom. The Bertz CT molecular complexity index is 1250. The van der Waals surface area contributed by atoms with E-state index in [9.17, 15) is 27.9 Å². The molecular formula is C32H37F3N2O6. The van der Waals surface area contributed by atoms with Gasteiger partial charge in [-0.2, -0.15) is 13.2 Å². The highest BCUT2D eigenvalue weighted by molar-refractivity contribution is 5.89. The van der Waals surface area contributed by atoms with Crippen molar-refractivity contribution in [2.45, 2.75) is 51.3 Å². The number of benzene rings is 3. The fraction of sp³-hybridized carbons (Fsp3) is 0.375. The van der Waals surface area contributed by atoms with Crippen LogP contribution in [-0.2, 0) is 16.0 Å². The van der Waals surface area contributed by atoms with Crippen LogP contribution < -0.4 is 14.8 Å². The molecule has 11 heteroatoms. The maximum atomic E-state index is 13.1. The van der Waals surface area contributed by atoms with Gasteiger partial charge in [0.1, 0.15) is 23.9 Å². The van der Waals surface area contributed by atoms with Gasteiger partial charge in [-0.15, -0.1) is 0 Å². The molecule has 0 aliphatic rings. The topological polar surface area (TPSA) is 97.3 Å². The van der Waals surface area contributed by atoms with Crippen LogP contribution in [0.2, 0.25) is 0 Å². The SMILES string of the molecule is CCOC(Cc1ccc(OCCN(CCCCCC(F)(F)F)C(=O)Nc2ccc(Oc3ccccc3)cc2)cc1)C(=O)O. The third kappa shape index (κ3) is 12.7. The summed E-state index contributed by atoms with van der Waals surface area (Å²) in [5.41, 5.74) is 1.31. The Labute approximate surface area is 249 Å². The van der Waals surface area contributed by atoms with Crippen LogP contribution in [0.4, 0.5) is 23.7 Å². The van der Waals surface area contributed by atoms with Gasteiger partial charge in [-0.1, -0.05) is 36.8 Å². The van der Waals surface area contributed by atoms with E-state index in [0.717, 1.165) is 5.56 Å². The first-order valence-corrected chi connectivity index (χ1v) is 14.1. The van der Waals surface area contributed by atoms with Crippen LogP contribution in [0.1, 0.15) is 38.2 Å². The fourth-order valence-electron chi connectivity index (χ4n) is 4.18. The molecule has 0 aliphatic carbocycles. The molecule has 0 bridgehead atoms. The van der Waals surface area contributed by atoms with E-state index in [0.29, 0.717) is 42.4 Å². The molecule has 2 amide bonds.